The zero-order chi connectivity index (χ0) is 10.4. The number of hydrogen-bond donors (Lipinski definition) is 0. The minimum Gasteiger partial charge on any atom is -0.354 e. The molecule has 14 heavy (non-hydrogen) atoms. The van der Waals surface area contributed by atoms with E-state index in [1.165, 1.54) is 5.57 Å². The van der Waals surface area contributed by atoms with Gasteiger partial charge >= 0.3 is 0 Å². The van der Waals surface area contributed by atoms with E-state index >= 15 is 0 Å². The molecule has 0 amide bonds. The van der Waals surface area contributed by atoms with Crippen LogP contribution in [0.4, 0.5) is 0 Å². The van der Waals surface area contributed by atoms with Gasteiger partial charge < -0.3 is 4.90 Å². The van der Waals surface area contributed by atoms with Crippen molar-refractivity contribution in [1.82, 2.24) is 4.90 Å². The molecular formula is C11H17N3. The lowest BCUT2D eigenvalue weighted by Gasteiger charge is -2.18. The molecule has 0 saturated carbocycles. The Morgan fingerprint density at radius 2 is 2.50 bits per heavy atom. The first kappa shape index (κ1) is 10.7. The lowest BCUT2D eigenvalue weighted by atomic mass is 10.2. The van der Waals surface area contributed by atoms with E-state index in [1.54, 1.807) is 6.20 Å². The van der Waals surface area contributed by atoms with E-state index in [4.69, 9.17) is 0 Å². The van der Waals surface area contributed by atoms with Crippen LogP contribution in [0.3, 0.4) is 0 Å². The highest BCUT2D eigenvalue weighted by Crippen LogP contribution is 2.07. The maximum atomic E-state index is 4.34. The van der Waals surface area contributed by atoms with Crippen LogP contribution in [-0.4, -0.2) is 37.1 Å². The molecule has 1 heterocycles. The third kappa shape index (κ3) is 2.83. The maximum Gasteiger partial charge on any atom is 0.0961 e. The summed E-state index contributed by atoms with van der Waals surface area (Å²) in [7, 11) is 0. The second-order valence-corrected chi connectivity index (χ2v) is 3.24. The van der Waals surface area contributed by atoms with Crippen molar-refractivity contribution in [2.45, 2.75) is 13.8 Å². The van der Waals surface area contributed by atoms with Gasteiger partial charge in [0.05, 0.1) is 12.4 Å². The number of amidine groups is 1. The molecule has 0 atom stereocenters. The van der Waals surface area contributed by atoms with E-state index in [0.717, 1.165) is 25.5 Å². The molecule has 0 aliphatic carbocycles. The van der Waals surface area contributed by atoms with Crippen LogP contribution in [0.2, 0.25) is 0 Å². The molecule has 0 spiro atoms. The van der Waals surface area contributed by atoms with Crippen LogP contribution in [0.25, 0.3) is 0 Å². The molecule has 0 bridgehead atoms. The summed E-state index contributed by atoms with van der Waals surface area (Å²) in [5.41, 5.74) is 1.17. The summed E-state index contributed by atoms with van der Waals surface area (Å²) in [6.07, 6.45) is 5.87. The number of nitrogens with zero attached hydrogens (tertiary/aromatic N) is 3. The van der Waals surface area contributed by atoms with Crippen LogP contribution in [0.15, 0.2) is 33.9 Å². The van der Waals surface area contributed by atoms with Crippen molar-refractivity contribution in [2.24, 2.45) is 9.98 Å². The van der Waals surface area contributed by atoms with E-state index in [2.05, 4.69) is 27.7 Å². The molecule has 1 aliphatic heterocycles. The van der Waals surface area contributed by atoms with Crippen molar-refractivity contribution >= 4 is 12.6 Å². The molecule has 0 unspecified atom stereocenters. The topological polar surface area (TPSA) is 28.0 Å². The Hall–Kier alpha value is -1.38. The zero-order valence-corrected chi connectivity index (χ0v) is 8.90. The Labute approximate surface area is 85.6 Å². The molecule has 0 fully saturated rings. The van der Waals surface area contributed by atoms with Gasteiger partial charge in [0.2, 0.25) is 0 Å². The molecule has 0 aromatic carbocycles. The first-order valence-electron chi connectivity index (χ1n) is 4.81. The highest BCUT2D eigenvalue weighted by Gasteiger charge is 2.12. The predicted octanol–water partition coefficient (Wildman–Crippen LogP) is 1.88. The molecular weight excluding hydrogens is 174 g/mol. The summed E-state index contributed by atoms with van der Waals surface area (Å²) < 4.78 is 0. The van der Waals surface area contributed by atoms with Gasteiger partial charge in [-0.1, -0.05) is 12.2 Å². The van der Waals surface area contributed by atoms with Gasteiger partial charge in [-0.05, 0) is 26.1 Å². The van der Waals surface area contributed by atoms with Gasteiger partial charge in [-0.2, -0.15) is 0 Å². The Morgan fingerprint density at radius 3 is 3.00 bits per heavy atom. The monoisotopic (exact) mass is 191 g/mol. The summed E-state index contributed by atoms with van der Waals surface area (Å²) in [6, 6.07) is 0. The summed E-state index contributed by atoms with van der Waals surface area (Å²) >= 11 is 0. The van der Waals surface area contributed by atoms with Crippen LogP contribution in [-0.2, 0) is 0 Å². The fraction of sp³-hybridized carbons (Fsp3) is 0.455. The van der Waals surface area contributed by atoms with Gasteiger partial charge in [0.15, 0.2) is 0 Å². The van der Waals surface area contributed by atoms with Gasteiger partial charge in [0, 0.05) is 19.3 Å². The predicted molar refractivity (Wildman–Crippen MR) is 62.0 cm³/mol. The smallest absolute Gasteiger partial charge is 0.0961 e. The highest BCUT2D eigenvalue weighted by molar-refractivity contribution is 5.81. The van der Waals surface area contributed by atoms with Crippen molar-refractivity contribution < 1.29 is 0 Å². The van der Waals surface area contributed by atoms with E-state index in [-0.39, 0.29) is 0 Å². The maximum absolute atomic E-state index is 4.34. The standard InChI is InChI=1S/C11H17N3/c1-4-5-11(8-12-3)9-14-7-6-13-10(14)2/h4-5,8H,3,6-7,9H2,1-2H3/b5-4-,11-8+. The largest absolute Gasteiger partial charge is 0.354 e. The Bertz CT molecular complexity index is 287. The van der Waals surface area contributed by atoms with Gasteiger partial charge in [0.1, 0.15) is 0 Å². The second-order valence-electron chi connectivity index (χ2n) is 3.24. The molecule has 0 aromatic heterocycles. The summed E-state index contributed by atoms with van der Waals surface area (Å²) in [5, 5.41) is 0. The molecule has 1 rings (SSSR count). The zero-order valence-electron chi connectivity index (χ0n) is 8.90. The van der Waals surface area contributed by atoms with Crippen LogP contribution in [0.1, 0.15) is 13.8 Å². The minimum atomic E-state index is 0.874. The summed E-state index contributed by atoms with van der Waals surface area (Å²) in [6.45, 7) is 10.3. The van der Waals surface area contributed by atoms with Gasteiger partial charge in [0.25, 0.3) is 0 Å². The molecule has 76 valence electrons. The van der Waals surface area contributed by atoms with Gasteiger partial charge in [-0.25, -0.2) is 0 Å². The Balaban J connectivity index is 2.60. The normalized spacial score (nSPS) is 17.7. The van der Waals surface area contributed by atoms with Crippen molar-refractivity contribution in [3.05, 3.63) is 23.9 Å². The number of hydrogen-bond acceptors (Lipinski definition) is 3. The number of rotatable bonds is 4. The quantitative estimate of drug-likeness (QED) is 0.492. The summed E-state index contributed by atoms with van der Waals surface area (Å²) in [5.74, 6) is 1.12. The Kier molecular flexibility index (Phi) is 4.11. The van der Waals surface area contributed by atoms with Gasteiger partial charge in [-0.3, -0.25) is 9.98 Å². The molecule has 0 radical (unpaired) electrons. The third-order valence-electron chi connectivity index (χ3n) is 2.18. The third-order valence-corrected chi connectivity index (χ3v) is 2.18. The van der Waals surface area contributed by atoms with Crippen LogP contribution in [0, 0.1) is 0 Å². The average Bonchev–Trinajstić information content (AvgIpc) is 2.53. The molecule has 0 saturated heterocycles. The minimum absolute atomic E-state index is 0.874. The van der Waals surface area contributed by atoms with Crippen LogP contribution < -0.4 is 0 Å². The number of aliphatic imine (C=N–C) groups is 2. The first-order valence-corrected chi connectivity index (χ1v) is 4.81. The molecule has 0 N–H and O–H groups in total. The fourth-order valence-corrected chi connectivity index (χ4v) is 1.48. The molecule has 3 heteroatoms. The fourth-order valence-electron chi connectivity index (χ4n) is 1.48. The van der Waals surface area contributed by atoms with Crippen molar-refractivity contribution in [3.63, 3.8) is 0 Å². The van der Waals surface area contributed by atoms with Crippen molar-refractivity contribution in [1.29, 1.82) is 0 Å². The van der Waals surface area contributed by atoms with Crippen molar-refractivity contribution in [2.75, 3.05) is 19.6 Å². The average molecular weight is 191 g/mol. The number of allylic oxidation sites excluding steroid dienone is 1. The second kappa shape index (κ2) is 5.37. The lowest BCUT2D eigenvalue weighted by Crippen LogP contribution is -2.27. The molecule has 0 aromatic rings. The lowest BCUT2D eigenvalue weighted by molar-refractivity contribution is 0.496. The van der Waals surface area contributed by atoms with E-state index in [9.17, 15) is 0 Å². The van der Waals surface area contributed by atoms with E-state index < -0.39 is 0 Å². The molecule has 1 aliphatic rings. The first-order chi connectivity index (χ1) is 6.77. The van der Waals surface area contributed by atoms with E-state index in [1.807, 2.05) is 19.9 Å². The Morgan fingerprint density at radius 1 is 1.71 bits per heavy atom. The van der Waals surface area contributed by atoms with Crippen molar-refractivity contribution in [3.8, 4) is 0 Å². The molecule has 3 nitrogen and oxygen atoms in total. The van der Waals surface area contributed by atoms with E-state index in [0.29, 0.717) is 0 Å². The summed E-state index contributed by atoms with van der Waals surface area (Å²) in [4.78, 5) is 10.4. The van der Waals surface area contributed by atoms with Crippen LogP contribution >= 0.6 is 0 Å². The highest BCUT2D eigenvalue weighted by atomic mass is 15.2. The SMILES string of the molecule is C=N/C=C(\C=C/C)CN1CCN=C1C. The van der Waals surface area contributed by atoms with Crippen LogP contribution in [0.5, 0.6) is 0 Å². The van der Waals surface area contributed by atoms with Gasteiger partial charge in [-0.15, -0.1) is 0 Å².